The molecule has 0 unspecified atom stereocenters. The fraction of sp³-hybridized carbons (Fsp3) is 0.0556. The highest BCUT2D eigenvalue weighted by Crippen LogP contribution is 2.31. The smallest absolute Gasteiger partial charge is 0.416 e. The first-order chi connectivity index (χ1) is 12.4. The predicted octanol–water partition coefficient (Wildman–Crippen LogP) is 4.31. The van der Waals surface area contributed by atoms with Gasteiger partial charge in [0.1, 0.15) is 18.0 Å². The molecular formula is C18H10F3N4O. The molecule has 0 fully saturated rings. The summed E-state index contributed by atoms with van der Waals surface area (Å²) in [5.74, 6) is -0.428. The first kappa shape index (κ1) is 17.2. The predicted molar refractivity (Wildman–Crippen MR) is 86.7 cm³/mol. The number of hydrogen-bond acceptors (Lipinski definition) is 4. The van der Waals surface area contributed by atoms with Crippen molar-refractivity contribution < 1.29 is 18.3 Å². The van der Waals surface area contributed by atoms with Crippen LogP contribution in [0.4, 0.5) is 24.5 Å². The van der Waals surface area contributed by atoms with Gasteiger partial charge in [0, 0.05) is 5.56 Å². The quantitative estimate of drug-likeness (QED) is 0.759. The van der Waals surface area contributed by atoms with Gasteiger partial charge in [0.05, 0.1) is 22.6 Å². The van der Waals surface area contributed by atoms with Gasteiger partial charge in [0.2, 0.25) is 5.88 Å². The monoisotopic (exact) mass is 355 g/mol. The Morgan fingerprint density at radius 2 is 1.73 bits per heavy atom. The molecule has 5 nitrogen and oxygen atoms in total. The molecule has 3 rings (SSSR count). The Bertz CT molecular complexity index is 979. The summed E-state index contributed by atoms with van der Waals surface area (Å²) >= 11 is 0. The van der Waals surface area contributed by atoms with Crippen molar-refractivity contribution in [1.29, 1.82) is 5.26 Å². The molecule has 0 aliphatic rings. The average molecular weight is 355 g/mol. The van der Waals surface area contributed by atoms with Gasteiger partial charge in [-0.15, -0.1) is 0 Å². The average Bonchev–Trinajstić information content (AvgIpc) is 2.61. The zero-order chi connectivity index (χ0) is 18.7. The molecule has 1 heterocycles. The van der Waals surface area contributed by atoms with Gasteiger partial charge in [-0.2, -0.15) is 18.4 Å². The van der Waals surface area contributed by atoms with Gasteiger partial charge in [0.25, 0.3) is 0 Å². The van der Waals surface area contributed by atoms with E-state index >= 15 is 0 Å². The summed E-state index contributed by atoms with van der Waals surface area (Å²) in [6.07, 6.45) is -3.27. The second kappa shape index (κ2) is 6.72. The summed E-state index contributed by atoms with van der Waals surface area (Å²) < 4.78 is 37.8. The molecule has 26 heavy (non-hydrogen) atoms. The Kier molecular flexibility index (Phi) is 4.45. The lowest BCUT2D eigenvalue weighted by Gasteiger charge is -2.09. The van der Waals surface area contributed by atoms with Crippen LogP contribution < -0.4 is 5.32 Å². The van der Waals surface area contributed by atoms with Gasteiger partial charge in [-0.3, -0.25) is 0 Å². The van der Waals surface area contributed by atoms with E-state index in [2.05, 4.69) is 15.3 Å². The van der Waals surface area contributed by atoms with Crippen LogP contribution in [0.3, 0.4) is 0 Å². The number of aromatic hydroxyl groups is 1. The number of rotatable bonds is 3. The van der Waals surface area contributed by atoms with E-state index in [1.54, 1.807) is 24.3 Å². The van der Waals surface area contributed by atoms with E-state index in [4.69, 9.17) is 5.26 Å². The Morgan fingerprint density at radius 1 is 1.00 bits per heavy atom. The fourth-order valence-corrected chi connectivity index (χ4v) is 2.29. The molecule has 0 atom stereocenters. The maximum atomic E-state index is 12.6. The highest BCUT2D eigenvalue weighted by molar-refractivity contribution is 5.71. The lowest BCUT2D eigenvalue weighted by molar-refractivity contribution is -0.137. The number of aromatic nitrogens is 2. The number of alkyl halides is 3. The number of nitrogens with zero attached hydrogens (tertiary/aromatic N) is 4. The van der Waals surface area contributed by atoms with Crippen molar-refractivity contribution in [3.63, 3.8) is 0 Å². The molecule has 0 amide bonds. The molecule has 129 valence electrons. The normalized spacial score (nSPS) is 11.0. The third kappa shape index (κ3) is 3.57. The summed E-state index contributed by atoms with van der Waals surface area (Å²) in [5, 5.41) is 23.1. The SMILES string of the molecule is N#Cc1c(O)ncnc1-c1cccc([N]c2ccc(C(F)(F)F)cc2)c1. The van der Waals surface area contributed by atoms with Crippen molar-refractivity contribution >= 4 is 11.4 Å². The van der Waals surface area contributed by atoms with Crippen LogP contribution in [0.2, 0.25) is 0 Å². The van der Waals surface area contributed by atoms with Gasteiger partial charge in [0.15, 0.2) is 0 Å². The third-order valence-electron chi connectivity index (χ3n) is 3.51. The summed E-state index contributed by atoms with van der Waals surface area (Å²) in [6, 6.07) is 12.9. The zero-order valence-electron chi connectivity index (χ0n) is 13.1. The van der Waals surface area contributed by atoms with Crippen LogP contribution in [-0.4, -0.2) is 15.1 Å². The molecular weight excluding hydrogens is 345 g/mol. The molecule has 1 aromatic heterocycles. The lowest BCUT2D eigenvalue weighted by atomic mass is 10.1. The van der Waals surface area contributed by atoms with Gasteiger partial charge in [-0.1, -0.05) is 12.1 Å². The van der Waals surface area contributed by atoms with Crippen LogP contribution in [0.15, 0.2) is 54.9 Å². The Hall–Kier alpha value is -3.60. The van der Waals surface area contributed by atoms with E-state index in [0.717, 1.165) is 18.5 Å². The van der Waals surface area contributed by atoms with Crippen LogP contribution >= 0.6 is 0 Å². The standard InChI is InChI=1S/C18H10F3N4O/c19-18(20,21)12-4-6-13(7-5-12)25-14-3-1-2-11(8-14)16-15(9-22)17(26)24-10-23-16/h1-8,10H,(H,23,24,26). The summed E-state index contributed by atoms with van der Waals surface area (Å²) in [5.41, 5.74) is 0.752. The summed E-state index contributed by atoms with van der Waals surface area (Å²) in [4.78, 5) is 7.57. The van der Waals surface area contributed by atoms with Crippen LogP contribution in [0.1, 0.15) is 11.1 Å². The van der Waals surface area contributed by atoms with E-state index in [1.807, 2.05) is 6.07 Å². The Morgan fingerprint density at radius 3 is 2.38 bits per heavy atom. The van der Waals surface area contributed by atoms with Gasteiger partial charge in [-0.25, -0.2) is 15.3 Å². The number of benzene rings is 2. The number of halogens is 3. The zero-order valence-corrected chi connectivity index (χ0v) is 13.1. The molecule has 3 aromatic rings. The Labute approximate surface area is 146 Å². The molecule has 0 saturated carbocycles. The topological polar surface area (TPSA) is 83.9 Å². The van der Waals surface area contributed by atoms with E-state index in [1.165, 1.54) is 12.1 Å². The lowest BCUT2D eigenvalue weighted by Crippen LogP contribution is -2.04. The van der Waals surface area contributed by atoms with Crippen LogP contribution in [-0.2, 0) is 6.18 Å². The van der Waals surface area contributed by atoms with E-state index in [-0.39, 0.29) is 11.3 Å². The van der Waals surface area contributed by atoms with E-state index in [0.29, 0.717) is 16.9 Å². The molecule has 0 aliphatic carbocycles. The van der Waals surface area contributed by atoms with Crippen molar-refractivity contribution in [2.45, 2.75) is 6.18 Å². The third-order valence-corrected chi connectivity index (χ3v) is 3.51. The molecule has 0 spiro atoms. The van der Waals surface area contributed by atoms with Crippen LogP contribution in [0.5, 0.6) is 5.88 Å². The first-order valence-electron chi connectivity index (χ1n) is 7.32. The first-order valence-corrected chi connectivity index (χ1v) is 7.32. The molecule has 2 aromatic carbocycles. The second-order valence-corrected chi connectivity index (χ2v) is 5.24. The highest BCUT2D eigenvalue weighted by Gasteiger charge is 2.30. The minimum Gasteiger partial charge on any atom is -0.492 e. The van der Waals surface area contributed by atoms with Crippen molar-refractivity contribution in [1.82, 2.24) is 15.3 Å². The minimum absolute atomic E-state index is 0.0702. The second-order valence-electron chi connectivity index (χ2n) is 5.24. The molecule has 0 bridgehead atoms. The van der Waals surface area contributed by atoms with Crippen LogP contribution in [0, 0.1) is 11.3 Å². The summed E-state index contributed by atoms with van der Waals surface area (Å²) in [7, 11) is 0. The van der Waals surface area contributed by atoms with Gasteiger partial charge in [-0.05, 0) is 36.4 Å². The van der Waals surface area contributed by atoms with Gasteiger partial charge >= 0.3 is 6.18 Å². The molecule has 0 aliphatic heterocycles. The fourth-order valence-electron chi connectivity index (χ4n) is 2.29. The van der Waals surface area contributed by atoms with Crippen molar-refractivity contribution in [3.8, 4) is 23.2 Å². The Balaban J connectivity index is 1.89. The maximum Gasteiger partial charge on any atom is 0.416 e. The number of nitriles is 1. The highest BCUT2D eigenvalue weighted by atomic mass is 19.4. The van der Waals surface area contributed by atoms with Crippen molar-refractivity contribution in [2.75, 3.05) is 0 Å². The van der Waals surface area contributed by atoms with E-state index in [9.17, 15) is 18.3 Å². The van der Waals surface area contributed by atoms with E-state index < -0.39 is 17.6 Å². The van der Waals surface area contributed by atoms with Crippen LogP contribution in [0.25, 0.3) is 11.3 Å². The number of hydrogen-bond donors (Lipinski definition) is 1. The maximum absolute atomic E-state index is 12.6. The molecule has 8 heteroatoms. The largest absolute Gasteiger partial charge is 0.492 e. The van der Waals surface area contributed by atoms with Crippen molar-refractivity contribution in [2.24, 2.45) is 0 Å². The van der Waals surface area contributed by atoms with Crippen molar-refractivity contribution in [3.05, 3.63) is 66.0 Å². The molecule has 0 saturated heterocycles. The molecule has 1 radical (unpaired) electrons. The molecule has 1 N–H and O–H groups in total. The van der Waals surface area contributed by atoms with Gasteiger partial charge < -0.3 is 5.11 Å². The summed E-state index contributed by atoms with van der Waals surface area (Å²) in [6.45, 7) is 0. The minimum atomic E-state index is -4.40.